The quantitative estimate of drug-likeness (QED) is 0.171. The van der Waals surface area contributed by atoms with E-state index in [0.717, 1.165) is 55.0 Å². The van der Waals surface area contributed by atoms with Crippen LogP contribution in [0.15, 0.2) is 53.2 Å². The van der Waals surface area contributed by atoms with E-state index in [1.807, 2.05) is 26.1 Å². The lowest BCUT2D eigenvalue weighted by atomic mass is 9.87. The number of likely N-dealkylation sites (tertiary alicyclic amines) is 1. The predicted octanol–water partition coefficient (Wildman–Crippen LogP) is 7.94. The van der Waals surface area contributed by atoms with Gasteiger partial charge < -0.3 is 15.2 Å². The van der Waals surface area contributed by atoms with E-state index in [1.165, 1.54) is 16.5 Å². The first-order valence-corrected chi connectivity index (χ1v) is 13.7. The van der Waals surface area contributed by atoms with Crippen molar-refractivity contribution >= 4 is 28.0 Å². The van der Waals surface area contributed by atoms with Gasteiger partial charge in [0.1, 0.15) is 0 Å². The third-order valence-electron chi connectivity index (χ3n) is 7.51. The second-order valence-corrected chi connectivity index (χ2v) is 10.6. The minimum Gasteiger partial charge on any atom is -0.374 e. The summed E-state index contributed by atoms with van der Waals surface area (Å²) in [5.41, 5.74) is 7.45. The number of rotatable bonds is 9. The Morgan fingerprint density at radius 3 is 2.49 bits per heavy atom. The summed E-state index contributed by atoms with van der Waals surface area (Å²) >= 11 is 0. The lowest BCUT2D eigenvalue weighted by Gasteiger charge is -2.35. The molecular formula is C31H42F3N5. The van der Waals surface area contributed by atoms with E-state index in [4.69, 9.17) is 5.41 Å². The number of hydrogen-bond donors (Lipinski definition) is 3. The number of amidine groups is 1. The zero-order chi connectivity index (χ0) is 28.9. The minimum atomic E-state index is -4.76. The molecule has 8 heteroatoms. The van der Waals surface area contributed by atoms with Gasteiger partial charge in [0, 0.05) is 47.6 Å². The molecule has 1 saturated heterocycles. The zero-order valence-electron chi connectivity index (χ0n) is 24.0. The van der Waals surface area contributed by atoms with Crippen molar-refractivity contribution in [1.82, 2.24) is 15.2 Å². The van der Waals surface area contributed by atoms with Crippen molar-refractivity contribution in [2.24, 2.45) is 4.99 Å². The average molecular weight is 542 g/mol. The molecular weight excluding hydrogens is 499 g/mol. The van der Waals surface area contributed by atoms with Gasteiger partial charge in [-0.1, -0.05) is 39.5 Å². The Balaban J connectivity index is 1.95. The van der Waals surface area contributed by atoms with E-state index in [-0.39, 0.29) is 11.6 Å². The summed E-state index contributed by atoms with van der Waals surface area (Å²) in [5.74, 6) is -0.855. The molecule has 1 fully saturated rings. The highest BCUT2D eigenvalue weighted by molar-refractivity contribution is 6.08. The first-order valence-electron chi connectivity index (χ1n) is 13.7. The molecule has 0 saturated carbocycles. The zero-order valence-corrected chi connectivity index (χ0v) is 24.0. The number of aromatic nitrogens is 1. The van der Waals surface area contributed by atoms with Gasteiger partial charge in [0.25, 0.3) is 0 Å². The highest BCUT2D eigenvalue weighted by Crippen LogP contribution is 2.37. The molecule has 0 amide bonds. The van der Waals surface area contributed by atoms with Gasteiger partial charge in [-0.25, -0.2) is 4.99 Å². The van der Waals surface area contributed by atoms with E-state index in [9.17, 15) is 13.2 Å². The van der Waals surface area contributed by atoms with Crippen LogP contribution >= 0.6 is 0 Å². The normalized spacial score (nSPS) is 16.5. The fraction of sp³-hybridized carbons (Fsp3) is 0.484. The van der Waals surface area contributed by atoms with Crippen LogP contribution in [0.1, 0.15) is 82.5 Å². The fourth-order valence-electron chi connectivity index (χ4n) is 5.42. The first-order chi connectivity index (χ1) is 18.4. The van der Waals surface area contributed by atoms with Gasteiger partial charge in [-0.15, -0.1) is 0 Å². The van der Waals surface area contributed by atoms with Crippen molar-refractivity contribution in [3.63, 3.8) is 0 Å². The van der Waals surface area contributed by atoms with Crippen molar-refractivity contribution in [3.05, 3.63) is 65.0 Å². The number of alkyl halides is 3. The van der Waals surface area contributed by atoms with Gasteiger partial charge in [-0.05, 0) is 92.5 Å². The van der Waals surface area contributed by atoms with Crippen LogP contribution in [0.4, 0.5) is 13.2 Å². The third-order valence-corrected chi connectivity index (χ3v) is 7.51. The second-order valence-electron chi connectivity index (χ2n) is 10.6. The van der Waals surface area contributed by atoms with Crippen LogP contribution in [0.5, 0.6) is 0 Å². The fourth-order valence-corrected chi connectivity index (χ4v) is 5.42. The van der Waals surface area contributed by atoms with Gasteiger partial charge in [0.05, 0.1) is 0 Å². The molecule has 3 rings (SSSR count). The topological polar surface area (TPSA) is 67.3 Å². The third kappa shape index (κ3) is 7.10. The van der Waals surface area contributed by atoms with E-state index < -0.39 is 12.0 Å². The van der Waals surface area contributed by atoms with Crippen LogP contribution < -0.4 is 5.32 Å². The molecule has 2 aromatic rings. The Morgan fingerprint density at radius 2 is 1.95 bits per heavy atom. The highest BCUT2D eigenvalue weighted by Gasteiger charge is 2.34. The molecule has 2 heterocycles. The van der Waals surface area contributed by atoms with Crippen molar-refractivity contribution in [2.75, 3.05) is 26.7 Å². The maximum absolute atomic E-state index is 12.9. The van der Waals surface area contributed by atoms with Gasteiger partial charge in [-0.2, -0.15) is 13.2 Å². The summed E-state index contributed by atoms with van der Waals surface area (Å²) in [4.78, 5) is 9.55. The van der Waals surface area contributed by atoms with Crippen molar-refractivity contribution in [3.8, 4) is 0 Å². The molecule has 1 aromatic heterocycles. The number of aliphatic imine (C=N–C) groups is 1. The number of H-pyrrole nitrogens is 1. The Hall–Kier alpha value is -3.13. The number of hydrogen-bond acceptors (Lipinski definition) is 3. The predicted molar refractivity (Wildman–Crippen MR) is 158 cm³/mol. The van der Waals surface area contributed by atoms with Crippen LogP contribution in [0.3, 0.4) is 0 Å². The molecule has 0 aliphatic carbocycles. The molecule has 1 aromatic carbocycles. The average Bonchev–Trinajstić information content (AvgIpc) is 3.28. The van der Waals surface area contributed by atoms with Crippen LogP contribution in [-0.4, -0.2) is 54.3 Å². The Kier molecular flexibility index (Phi) is 9.99. The summed E-state index contributed by atoms with van der Waals surface area (Å²) in [5, 5.41) is 11.7. The molecule has 212 valence electrons. The van der Waals surface area contributed by atoms with E-state index in [1.54, 1.807) is 13.8 Å². The number of nitrogens with zero attached hydrogens (tertiary/aromatic N) is 2. The molecule has 0 radical (unpaired) electrons. The Labute approximate surface area is 230 Å². The van der Waals surface area contributed by atoms with Crippen molar-refractivity contribution in [1.29, 1.82) is 5.41 Å². The summed E-state index contributed by atoms with van der Waals surface area (Å²) in [6, 6.07) is 6.69. The van der Waals surface area contributed by atoms with Crippen LogP contribution in [0, 0.1) is 5.41 Å². The summed E-state index contributed by atoms with van der Waals surface area (Å²) < 4.78 is 38.8. The molecule has 0 spiro atoms. The maximum atomic E-state index is 12.9. The molecule has 39 heavy (non-hydrogen) atoms. The largest absolute Gasteiger partial charge is 0.450 e. The number of benzene rings is 1. The SMILES string of the molecule is C=C(CNC)N1CCC(c2ccc3[nH]c(C(/C=C(/C)C(CC)=NC(=N)C(F)(F)F)=C/C)c(C(C)C)c3c2)CC1. The van der Waals surface area contributed by atoms with Crippen molar-refractivity contribution in [2.45, 2.75) is 71.9 Å². The van der Waals surface area contributed by atoms with Crippen LogP contribution in [-0.2, 0) is 0 Å². The van der Waals surface area contributed by atoms with Crippen molar-refractivity contribution < 1.29 is 13.2 Å². The summed E-state index contributed by atoms with van der Waals surface area (Å²) in [7, 11) is 1.94. The molecule has 3 N–H and O–H groups in total. The number of allylic oxidation sites excluding steroid dienone is 4. The monoisotopic (exact) mass is 541 g/mol. The number of piperidine rings is 1. The van der Waals surface area contributed by atoms with Gasteiger partial charge in [0.2, 0.25) is 5.84 Å². The molecule has 0 bridgehead atoms. The van der Waals surface area contributed by atoms with Crippen LogP contribution in [0.25, 0.3) is 16.5 Å². The molecule has 5 nitrogen and oxygen atoms in total. The number of nitrogens with one attached hydrogen (secondary N) is 3. The number of aromatic amines is 1. The summed E-state index contributed by atoms with van der Waals surface area (Å²) in [6.07, 6.45) is 1.54. The standard InChI is InChI=1S/C31H42F3N5/c1-8-22(16-20(5)26(9-2)38-30(35)31(32,33)34)29-28(19(3)4)25-17-24(10-11-27(25)37-29)23-12-14-39(15-13-23)21(6)18-36-7/h8,10-11,16-17,19,23,35-37H,6,9,12-15,18H2,1-5,7H3/b20-16-,22-8+,35-30?,38-26?. The first kappa shape index (κ1) is 30.4. The molecule has 0 atom stereocenters. The molecule has 1 aliphatic rings. The molecule has 1 aliphatic heterocycles. The van der Waals surface area contributed by atoms with Gasteiger partial charge >= 0.3 is 6.18 Å². The van der Waals surface area contributed by atoms with Gasteiger partial charge in [0.15, 0.2) is 0 Å². The Bertz CT molecular complexity index is 1290. The maximum Gasteiger partial charge on any atom is 0.450 e. The van der Waals surface area contributed by atoms with E-state index >= 15 is 0 Å². The lowest BCUT2D eigenvalue weighted by molar-refractivity contribution is -0.0604. The van der Waals surface area contributed by atoms with Gasteiger partial charge in [-0.3, -0.25) is 5.41 Å². The number of fused-ring (bicyclic) bond motifs is 1. The second kappa shape index (κ2) is 12.8. The number of likely N-dealkylation sites (N-methyl/N-ethyl adjacent to an activating group) is 1. The number of halogens is 3. The van der Waals surface area contributed by atoms with Crippen LogP contribution in [0.2, 0.25) is 0 Å². The Morgan fingerprint density at radius 1 is 1.28 bits per heavy atom. The minimum absolute atomic E-state index is 0.233. The highest BCUT2D eigenvalue weighted by atomic mass is 19.4. The summed E-state index contributed by atoms with van der Waals surface area (Å²) in [6.45, 7) is 16.8. The van der Waals surface area contributed by atoms with E-state index in [2.05, 4.69) is 58.8 Å². The lowest BCUT2D eigenvalue weighted by Crippen LogP contribution is -2.35. The molecule has 0 unspecified atom stereocenters. The van der Waals surface area contributed by atoms with E-state index in [0.29, 0.717) is 17.9 Å². The smallest absolute Gasteiger partial charge is 0.374 e.